The Morgan fingerprint density at radius 2 is 2.64 bits per heavy atom. The first kappa shape index (κ1) is 6.85. The molecule has 0 radical (unpaired) electrons. The lowest BCUT2D eigenvalue weighted by Gasteiger charge is -2.06. The van der Waals surface area contributed by atoms with Crippen LogP contribution in [0, 0.1) is 0 Å². The predicted molar refractivity (Wildman–Crippen MR) is 43.3 cm³/mol. The van der Waals surface area contributed by atoms with Gasteiger partial charge in [-0.1, -0.05) is 0 Å². The third-order valence-corrected chi connectivity index (χ3v) is 2.19. The van der Waals surface area contributed by atoms with Gasteiger partial charge < -0.3 is 5.32 Å². The standard InChI is InChI=1S/C8H13N3/c1-2-7(9-4-1)6-8-3-5-10-11-8/h3,5,7,9H,1-2,4,6H2,(H,10,11). The summed E-state index contributed by atoms with van der Waals surface area (Å²) in [5.41, 5.74) is 1.24. The summed E-state index contributed by atoms with van der Waals surface area (Å²) in [4.78, 5) is 0. The van der Waals surface area contributed by atoms with Crippen LogP contribution >= 0.6 is 0 Å². The van der Waals surface area contributed by atoms with Crippen molar-refractivity contribution in [2.24, 2.45) is 0 Å². The minimum atomic E-state index is 0.676. The molecule has 3 nitrogen and oxygen atoms in total. The Bertz CT molecular complexity index is 199. The Hall–Kier alpha value is -0.830. The summed E-state index contributed by atoms with van der Waals surface area (Å²) in [6.07, 6.45) is 5.53. The van der Waals surface area contributed by atoms with Crippen molar-refractivity contribution >= 4 is 0 Å². The van der Waals surface area contributed by atoms with Gasteiger partial charge in [0.15, 0.2) is 0 Å². The number of hydrogen-bond donors (Lipinski definition) is 2. The zero-order valence-electron chi connectivity index (χ0n) is 6.51. The number of nitrogens with zero attached hydrogens (tertiary/aromatic N) is 1. The van der Waals surface area contributed by atoms with Crippen molar-refractivity contribution in [3.05, 3.63) is 18.0 Å². The molecule has 0 aromatic carbocycles. The lowest BCUT2D eigenvalue weighted by molar-refractivity contribution is 0.594. The molecule has 2 heterocycles. The van der Waals surface area contributed by atoms with E-state index in [1.807, 2.05) is 12.3 Å². The fourth-order valence-corrected chi connectivity index (χ4v) is 1.59. The molecule has 0 saturated carbocycles. The maximum Gasteiger partial charge on any atom is 0.0490 e. The molecule has 1 saturated heterocycles. The predicted octanol–water partition coefficient (Wildman–Crippen LogP) is 0.704. The summed E-state index contributed by atoms with van der Waals surface area (Å²) < 4.78 is 0. The van der Waals surface area contributed by atoms with Gasteiger partial charge in [0.05, 0.1) is 0 Å². The van der Waals surface area contributed by atoms with Crippen molar-refractivity contribution < 1.29 is 0 Å². The molecule has 11 heavy (non-hydrogen) atoms. The van der Waals surface area contributed by atoms with Gasteiger partial charge in [0.2, 0.25) is 0 Å². The van der Waals surface area contributed by atoms with Crippen molar-refractivity contribution in [1.29, 1.82) is 0 Å². The Morgan fingerprint density at radius 3 is 3.27 bits per heavy atom. The number of aromatic amines is 1. The average Bonchev–Trinajstić information content (AvgIpc) is 2.60. The summed E-state index contributed by atoms with van der Waals surface area (Å²) in [5.74, 6) is 0. The zero-order chi connectivity index (χ0) is 7.52. The number of aromatic nitrogens is 2. The molecule has 1 fully saturated rings. The first-order chi connectivity index (χ1) is 5.45. The molecule has 0 spiro atoms. The van der Waals surface area contributed by atoms with Crippen LogP contribution in [0.1, 0.15) is 18.5 Å². The monoisotopic (exact) mass is 151 g/mol. The Kier molecular flexibility index (Phi) is 1.90. The van der Waals surface area contributed by atoms with Gasteiger partial charge in [-0.25, -0.2) is 0 Å². The van der Waals surface area contributed by atoms with E-state index >= 15 is 0 Å². The third-order valence-electron chi connectivity index (χ3n) is 2.19. The average molecular weight is 151 g/mol. The molecule has 0 aliphatic carbocycles. The van der Waals surface area contributed by atoms with Crippen LogP contribution in [0.15, 0.2) is 12.3 Å². The molecular weight excluding hydrogens is 138 g/mol. The van der Waals surface area contributed by atoms with Gasteiger partial charge in [0.1, 0.15) is 0 Å². The van der Waals surface area contributed by atoms with Gasteiger partial charge in [0, 0.05) is 24.4 Å². The van der Waals surface area contributed by atoms with Crippen LogP contribution in [0.4, 0.5) is 0 Å². The number of H-pyrrole nitrogens is 1. The van der Waals surface area contributed by atoms with E-state index in [4.69, 9.17) is 0 Å². The highest BCUT2D eigenvalue weighted by Gasteiger charge is 2.14. The molecule has 60 valence electrons. The van der Waals surface area contributed by atoms with E-state index in [-0.39, 0.29) is 0 Å². The number of nitrogens with one attached hydrogen (secondary N) is 2. The minimum absolute atomic E-state index is 0.676. The van der Waals surface area contributed by atoms with Gasteiger partial charge in [-0.3, -0.25) is 5.10 Å². The Labute approximate surface area is 66.2 Å². The van der Waals surface area contributed by atoms with Crippen LogP contribution in [-0.4, -0.2) is 22.8 Å². The van der Waals surface area contributed by atoms with Gasteiger partial charge in [-0.15, -0.1) is 0 Å². The summed E-state index contributed by atoms with van der Waals surface area (Å²) in [7, 11) is 0. The van der Waals surface area contributed by atoms with E-state index in [2.05, 4.69) is 15.5 Å². The second-order valence-corrected chi connectivity index (χ2v) is 3.08. The minimum Gasteiger partial charge on any atom is -0.314 e. The molecule has 2 rings (SSSR count). The Morgan fingerprint density at radius 1 is 1.64 bits per heavy atom. The molecule has 0 bridgehead atoms. The lowest BCUT2D eigenvalue weighted by atomic mass is 10.1. The summed E-state index contributed by atoms with van der Waals surface area (Å²) in [6.45, 7) is 1.18. The quantitative estimate of drug-likeness (QED) is 0.653. The van der Waals surface area contributed by atoms with E-state index in [9.17, 15) is 0 Å². The van der Waals surface area contributed by atoms with Crippen LogP contribution in [0.2, 0.25) is 0 Å². The van der Waals surface area contributed by atoms with Gasteiger partial charge in [-0.2, -0.15) is 5.10 Å². The summed E-state index contributed by atoms with van der Waals surface area (Å²) in [6, 6.07) is 2.72. The fraction of sp³-hybridized carbons (Fsp3) is 0.625. The molecule has 3 heteroatoms. The summed E-state index contributed by atoms with van der Waals surface area (Å²) >= 11 is 0. The highest BCUT2D eigenvalue weighted by molar-refractivity contribution is 5.00. The van der Waals surface area contributed by atoms with Crippen molar-refractivity contribution in [1.82, 2.24) is 15.5 Å². The molecule has 1 aromatic heterocycles. The maximum absolute atomic E-state index is 3.91. The smallest absolute Gasteiger partial charge is 0.0490 e. The molecular formula is C8H13N3. The van der Waals surface area contributed by atoms with E-state index in [1.165, 1.54) is 25.1 Å². The molecule has 1 unspecified atom stereocenters. The normalized spacial score (nSPS) is 24.2. The van der Waals surface area contributed by atoms with Crippen molar-refractivity contribution in [3.8, 4) is 0 Å². The molecule has 1 atom stereocenters. The highest BCUT2D eigenvalue weighted by Crippen LogP contribution is 2.09. The number of rotatable bonds is 2. The number of hydrogen-bond acceptors (Lipinski definition) is 2. The Balaban J connectivity index is 1.90. The SMILES string of the molecule is c1cc(CC2CCCN2)[nH]n1. The van der Waals surface area contributed by atoms with Crippen LogP contribution in [0.5, 0.6) is 0 Å². The molecule has 2 N–H and O–H groups in total. The van der Waals surface area contributed by atoms with E-state index < -0.39 is 0 Å². The third kappa shape index (κ3) is 1.60. The molecule has 0 amide bonds. The largest absolute Gasteiger partial charge is 0.314 e. The summed E-state index contributed by atoms with van der Waals surface area (Å²) in [5, 5.41) is 10.3. The van der Waals surface area contributed by atoms with Crippen molar-refractivity contribution in [3.63, 3.8) is 0 Å². The van der Waals surface area contributed by atoms with E-state index in [0.717, 1.165) is 6.42 Å². The van der Waals surface area contributed by atoms with Crippen LogP contribution < -0.4 is 5.32 Å². The first-order valence-electron chi connectivity index (χ1n) is 4.17. The van der Waals surface area contributed by atoms with Gasteiger partial charge >= 0.3 is 0 Å². The highest BCUT2D eigenvalue weighted by atomic mass is 15.1. The first-order valence-corrected chi connectivity index (χ1v) is 4.17. The van der Waals surface area contributed by atoms with Crippen molar-refractivity contribution in [2.45, 2.75) is 25.3 Å². The van der Waals surface area contributed by atoms with Crippen LogP contribution in [0.3, 0.4) is 0 Å². The van der Waals surface area contributed by atoms with Gasteiger partial charge in [-0.05, 0) is 25.5 Å². The van der Waals surface area contributed by atoms with Crippen molar-refractivity contribution in [2.75, 3.05) is 6.54 Å². The van der Waals surface area contributed by atoms with E-state index in [1.54, 1.807) is 0 Å². The van der Waals surface area contributed by atoms with Crippen LogP contribution in [0.25, 0.3) is 0 Å². The lowest BCUT2D eigenvalue weighted by Crippen LogP contribution is -2.23. The topological polar surface area (TPSA) is 40.7 Å². The molecule has 1 aliphatic heterocycles. The molecule has 1 aliphatic rings. The van der Waals surface area contributed by atoms with Gasteiger partial charge in [0.25, 0.3) is 0 Å². The zero-order valence-corrected chi connectivity index (χ0v) is 6.51. The van der Waals surface area contributed by atoms with Crippen LogP contribution in [-0.2, 0) is 6.42 Å². The van der Waals surface area contributed by atoms with E-state index in [0.29, 0.717) is 6.04 Å². The second kappa shape index (κ2) is 3.05. The fourth-order valence-electron chi connectivity index (χ4n) is 1.59. The second-order valence-electron chi connectivity index (χ2n) is 3.08. The maximum atomic E-state index is 3.91. The molecule has 1 aromatic rings.